The van der Waals surface area contributed by atoms with Crippen LogP contribution in [0.4, 0.5) is 10.1 Å². The Morgan fingerprint density at radius 3 is 2.67 bits per heavy atom. The maximum Gasteiger partial charge on any atom is 0.227 e. The summed E-state index contributed by atoms with van der Waals surface area (Å²) in [5, 5.41) is 12.2. The van der Waals surface area contributed by atoms with Gasteiger partial charge in [-0.15, -0.1) is 0 Å². The van der Waals surface area contributed by atoms with Crippen molar-refractivity contribution < 1.29 is 19.0 Å². The number of amides is 1. The Morgan fingerprint density at radius 1 is 1.25 bits per heavy atom. The third kappa shape index (κ3) is 4.55. The van der Waals surface area contributed by atoms with Crippen LogP contribution >= 0.6 is 0 Å². The van der Waals surface area contributed by atoms with Gasteiger partial charge in [0.15, 0.2) is 0 Å². The van der Waals surface area contributed by atoms with E-state index in [9.17, 15) is 14.3 Å². The van der Waals surface area contributed by atoms with E-state index in [2.05, 4.69) is 5.32 Å². The fourth-order valence-electron chi connectivity index (χ4n) is 2.43. The van der Waals surface area contributed by atoms with Gasteiger partial charge in [-0.05, 0) is 43.2 Å². The fraction of sp³-hybridized carbons (Fsp3) is 0.316. The van der Waals surface area contributed by atoms with Crippen LogP contribution in [0.3, 0.4) is 0 Å². The van der Waals surface area contributed by atoms with Crippen LogP contribution in [0.2, 0.25) is 0 Å². The van der Waals surface area contributed by atoms with Crippen LogP contribution < -0.4 is 10.1 Å². The minimum atomic E-state index is -0.383. The highest BCUT2D eigenvalue weighted by atomic mass is 19.1. The van der Waals surface area contributed by atoms with Gasteiger partial charge in [0, 0.05) is 17.2 Å². The number of benzene rings is 2. The average Bonchev–Trinajstić information content (AvgIpc) is 2.58. The minimum absolute atomic E-state index is 0.177. The highest BCUT2D eigenvalue weighted by Gasteiger charge is 2.16. The van der Waals surface area contributed by atoms with E-state index in [1.165, 1.54) is 6.07 Å². The van der Waals surface area contributed by atoms with Crippen LogP contribution in [0.1, 0.15) is 25.0 Å². The van der Waals surface area contributed by atoms with Crippen molar-refractivity contribution in [3.63, 3.8) is 0 Å². The molecule has 0 aliphatic carbocycles. The quantitative estimate of drug-likeness (QED) is 0.816. The van der Waals surface area contributed by atoms with Gasteiger partial charge in [-0.2, -0.15) is 0 Å². The monoisotopic (exact) mass is 331 g/mol. The number of hydrogen-bond donors (Lipinski definition) is 2. The molecule has 1 amide bonds. The van der Waals surface area contributed by atoms with Gasteiger partial charge in [0.25, 0.3) is 0 Å². The lowest BCUT2D eigenvalue weighted by Gasteiger charge is -2.15. The largest absolute Gasteiger partial charge is 0.494 e. The Labute approximate surface area is 141 Å². The minimum Gasteiger partial charge on any atom is -0.494 e. The molecule has 0 aliphatic heterocycles. The van der Waals surface area contributed by atoms with Crippen molar-refractivity contribution in [2.75, 3.05) is 11.9 Å². The summed E-state index contributed by atoms with van der Waals surface area (Å²) >= 11 is 0. The number of aliphatic hydroxyl groups excluding tert-OH is 1. The molecule has 0 spiro atoms. The Bertz CT molecular complexity index is 703. The van der Waals surface area contributed by atoms with Crippen LogP contribution in [0.5, 0.6) is 5.75 Å². The predicted molar refractivity (Wildman–Crippen MR) is 91.4 cm³/mol. The first-order valence-electron chi connectivity index (χ1n) is 7.96. The summed E-state index contributed by atoms with van der Waals surface area (Å²) < 4.78 is 19.1. The molecule has 0 radical (unpaired) electrons. The lowest BCUT2D eigenvalue weighted by molar-refractivity contribution is -0.119. The summed E-state index contributed by atoms with van der Waals surface area (Å²) in [5.41, 5.74) is 1.70. The van der Waals surface area contributed by atoms with Crippen molar-refractivity contribution in [1.82, 2.24) is 0 Å². The van der Waals surface area contributed by atoms with Crippen LogP contribution in [0.25, 0.3) is 0 Å². The summed E-state index contributed by atoms with van der Waals surface area (Å²) in [4.78, 5) is 12.3. The van der Waals surface area contributed by atoms with Crippen LogP contribution in [-0.2, 0) is 17.8 Å². The zero-order valence-electron chi connectivity index (χ0n) is 13.9. The van der Waals surface area contributed by atoms with E-state index in [0.29, 0.717) is 35.6 Å². The molecule has 1 atom stereocenters. The normalized spacial score (nSPS) is 11.8. The molecular formula is C19H22FNO3. The second-order valence-corrected chi connectivity index (χ2v) is 5.60. The van der Waals surface area contributed by atoms with Gasteiger partial charge >= 0.3 is 0 Å². The number of aliphatic hydroxyl groups is 1. The second-order valence-electron chi connectivity index (χ2n) is 5.60. The van der Waals surface area contributed by atoms with Gasteiger partial charge in [0.2, 0.25) is 5.91 Å². The van der Waals surface area contributed by atoms with Gasteiger partial charge in [-0.25, -0.2) is 4.39 Å². The third-order valence-electron chi connectivity index (χ3n) is 3.73. The average molecular weight is 331 g/mol. The number of carbonyl (C=O) groups excluding carboxylic acids is 1. The van der Waals surface area contributed by atoms with E-state index < -0.39 is 0 Å². The van der Waals surface area contributed by atoms with E-state index in [1.807, 2.05) is 6.92 Å². The highest BCUT2D eigenvalue weighted by Crippen LogP contribution is 2.24. The molecule has 0 fully saturated rings. The van der Waals surface area contributed by atoms with Gasteiger partial charge in [-0.3, -0.25) is 4.79 Å². The number of halogens is 1. The van der Waals surface area contributed by atoms with Crippen molar-refractivity contribution in [2.45, 2.75) is 26.9 Å². The Kier molecular flexibility index (Phi) is 6.32. The van der Waals surface area contributed by atoms with Crippen LogP contribution in [-0.4, -0.2) is 17.6 Å². The summed E-state index contributed by atoms with van der Waals surface area (Å²) in [7, 11) is 0. The predicted octanol–water partition coefficient (Wildman–Crippen LogP) is 3.53. The summed E-state index contributed by atoms with van der Waals surface area (Å²) in [6, 6.07) is 11.6. The highest BCUT2D eigenvalue weighted by molar-refractivity contribution is 5.92. The SMILES string of the molecule is CCOc1ccc(NC(=O)C(C)Cc2ccccc2F)cc1CO. The fourth-order valence-corrected chi connectivity index (χ4v) is 2.43. The molecule has 2 aromatic carbocycles. The third-order valence-corrected chi connectivity index (χ3v) is 3.73. The molecular weight excluding hydrogens is 309 g/mol. The molecule has 5 heteroatoms. The van der Waals surface area contributed by atoms with Crippen LogP contribution in [0, 0.1) is 11.7 Å². The van der Waals surface area contributed by atoms with Gasteiger partial charge in [0.1, 0.15) is 11.6 Å². The van der Waals surface area contributed by atoms with Gasteiger partial charge in [-0.1, -0.05) is 25.1 Å². The lowest BCUT2D eigenvalue weighted by Crippen LogP contribution is -2.22. The molecule has 2 N–H and O–H groups in total. The van der Waals surface area contributed by atoms with Crippen molar-refractivity contribution in [2.24, 2.45) is 5.92 Å². The number of hydrogen-bond acceptors (Lipinski definition) is 3. The number of anilines is 1. The second kappa shape index (κ2) is 8.45. The number of nitrogens with one attached hydrogen (secondary N) is 1. The summed E-state index contributed by atoms with van der Waals surface area (Å²) in [5.74, 6) is -0.296. The molecule has 0 aromatic heterocycles. The van der Waals surface area contributed by atoms with Crippen molar-refractivity contribution >= 4 is 11.6 Å². The molecule has 24 heavy (non-hydrogen) atoms. The zero-order valence-corrected chi connectivity index (χ0v) is 13.9. The topological polar surface area (TPSA) is 58.6 Å². The lowest BCUT2D eigenvalue weighted by atomic mass is 10.00. The molecule has 0 aliphatic rings. The van der Waals surface area contributed by atoms with Crippen molar-refractivity contribution in [1.29, 1.82) is 0 Å². The molecule has 0 heterocycles. The molecule has 2 rings (SSSR count). The van der Waals surface area contributed by atoms with Crippen molar-refractivity contribution in [3.8, 4) is 5.75 Å². The number of carbonyl (C=O) groups is 1. The number of rotatable bonds is 7. The summed E-state index contributed by atoms with van der Waals surface area (Å²) in [6.07, 6.45) is 0.322. The summed E-state index contributed by atoms with van der Waals surface area (Å²) in [6.45, 7) is 3.94. The standard InChI is InChI=1S/C19H22FNO3/c1-3-24-18-9-8-16(11-15(18)12-22)21-19(23)13(2)10-14-6-4-5-7-17(14)20/h4-9,11,13,22H,3,10,12H2,1-2H3,(H,21,23). The van der Waals surface area contributed by atoms with E-state index >= 15 is 0 Å². The molecule has 2 aromatic rings. The Hall–Kier alpha value is -2.40. The maximum absolute atomic E-state index is 13.7. The molecule has 0 bridgehead atoms. The maximum atomic E-state index is 13.7. The molecule has 0 saturated heterocycles. The van der Waals surface area contributed by atoms with E-state index in [4.69, 9.17) is 4.74 Å². The van der Waals surface area contributed by atoms with E-state index in [-0.39, 0.29) is 24.2 Å². The molecule has 128 valence electrons. The van der Waals surface area contributed by atoms with Gasteiger partial charge < -0.3 is 15.2 Å². The number of ether oxygens (including phenoxy) is 1. The van der Waals surface area contributed by atoms with E-state index in [1.54, 1.807) is 43.3 Å². The molecule has 4 nitrogen and oxygen atoms in total. The molecule has 1 unspecified atom stereocenters. The molecule has 0 saturated carbocycles. The zero-order chi connectivity index (χ0) is 17.5. The first kappa shape index (κ1) is 17.9. The first-order chi connectivity index (χ1) is 11.5. The Balaban J connectivity index is 2.04. The Morgan fingerprint density at radius 2 is 2.00 bits per heavy atom. The van der Waals surface area contributed by atoms with Crippen LogP contribution in [0.15, 0.2) is 42.5 Å². The van der Waals surface area contributed by atoms with E-state index in [0.717, 1.165) is 0 Å². The smallest absolute Gasteiger partial charge is 0.227 e. The van der Waals surface area contributed by atoms with Crippen molar-refractivity contribution in [3.05, 3.63) is 59.4 Å². The van der Waals surface area contributed by atoms with Gasteiger partial charge in [0.05, 0.1) is 13.2 Å². The first-order valence-corrected chi connectivity index (χ1v) is 7.96.